The third-order valence-corrected chi connectivity index (χ3v) is 4.59. The number of oxime groups is 1. The van der Waals surface area contributed by atoms with Gasteiger partial charge in [0.1, 0.15) is 6.10 Å². The molecule has 0 aromatic carbocycles. The van der Waals surface area contributed by atoms with E-state index in [9.17, 15) is 0 Å². The summed E-state index contributed by atoms with van der Waals surface area (Å²) in [5.41, 5.74) is 0. The SMILES string of the molecule is CN1CCCC(C2=NOCC(CN3CCCCC3)O2)C1. The zero-order valence-electron chi connectivity index (χ0n) is 12.6. The first-order valence-electron chi connectivity index (χ1n) is 8.08. The van der Waals surface area contributed by atoms with E-state index in [0.717, 1.165) is 19.0 Å². The molecule has 3 heterocycles. The van der Waals surface area contributed by atoms with Crippen LogP contribution < -0.4 is 0 Å². The van der Waals surface area contributed by atoms with Crippen LogP contribution >= 0.6 is 0 Å². The molecule has 0 saturated carbocycles. The second-order valence-corrected chi connectivity index (χ2v) is 6.43. The van der Waals surface area contributed by atoms with Crippen LogP contribution in [0.4, 0.5) is 0 Å². The summed E-state index contributed by atoms with van der Waals surface area (Å²) >= 11 is 0. The van der Waals surface area contributed by atoms with E-state index in [1.807, 2.05) is 0 Å². The Kier molecular flexibility index (Phi) is 4.78. The van der Waals surface area contributed by atoms with Gasteiger partial charge in [-0.3, -0.25) is 4.90 Å². The van der Waals surface area contributed by atoms with Gasteiger partial charge in [-0.1, -0.05) is 11.6 Å². The van der Waals surface area contributed by atoms with Gasteiger partial charge in [0, 0.05) is 13.1 Å². The van der Waals surface area contributed by atoms with E-state index in [4.69, 9.17) is 9.57 Å². The van der Waals surface area contributed by atoms with E-state index in [1.54, 1.807) is 0 Å². The minimum absolute atomic E-state index is 0.160. The van der Waals surface area contributed by atoms with Crippen molar-refractivity contribution in [3.63, 3.8) is 0 Å². The van der Waals surface area contributed by atoms with E-state index < -0.39 is 0 Å². The Balaban J connectivity index is 1.51. The van der Waals surface area contributed by atoms with E-state index in [2.05, 4.69) is 22.0 Å². The molecule has 114 valence electrons. The van der Waals surface area contributed by atoms with Crippen LogP contribution in [0.1, 0.15) is 32.1 Å². The third kappa shape index (κ3) is 3.64. The molecular weight excluding hydrogens is 254 g/mol. The molecule has 0 aromatic heterocycles. The summed E-state index contributed by atoms with van der Waals surface area (Å²) in [6.07, 6.45) is 6.57. The predicted molar refractivity (Wildman–Crippen MR) is 78.8 cm³/mol. The molecule has 2 atom stereocenters. The highest BCUT2D eigenvalue weighted by atomic mass is 16.7. The maximum Gasteiger partial charge on any atom is 0.230 e. The van der Waals surface area contributed by atoms with Crippen LogP contribution in [0.2, 0.25) is 0 Å². The van der Waals surface area contributed by atoms with Crippen molar-refractivity contribution in [3.8, 4) is 0 Å². The maximum atomic E-state index is 6.13. The van der Waals surface area contributed by atoms with Crippen LogP contribution in [0.3, 0.4) is 0 Å². The summed E-state index contributed by atoms with van der Waals surface area (Å²) in [7, 11) is 2.17. The zero-order valence-corrected chi connectivity index (χ0v) is 12.6. The number of hydrogen-bond donors (Lipinski definition) is 0. The molecule has 3 aliphatic heterocycles. The third-order valence-electron chi connectivity index (χ3n) is 4.59. The molecule has 2 unspecified atom stereocenters. The molecule has 5 heteroatoms. The van der Waals surface area contributed by atoms with Gasteiger partial charge in [-0.25, -0.2) is 0 Å². The molecule has 5 nitrogen and oxygen atoms in total. The molecule has 0 aromatic rings. The highest BCUT2D eigenvalue weighted by Gasteiger charge is 2.30. The molecule has 0 radical (unpaired) electrons. The molecule has 2 saturated heterocycles. The predicted octanol–water partition coefficient (Wildman–Crippen LogP) is 1.54. The van der Waals surface area contributed by atoms with Gasteiger partial charge in [-0.15, -0.1) is 0 Å². The van der Waals surface area contributed by atoms with Crippen molar-refractivity contribution < 1.29 is 9.57 Å². The second-order valence-electron chi connectivity index (χ2n) is 6.43. The molecule has 0 aliphatic carbocycles. The minimum atomic E-state index is 0.160. The molecule has 3 aliphatic rings. The Morgan fingerprint density at radius 1 is 1.15 bits per heavy atom. The zero-order chi connectivity index (χ0) is 13.8. The summed E-state index contributed by atoms with van der Waals surface area (Å²) in [5.74, 6) is 1.25. The van der Waals surface area contributed by atoms with Gasteiger partial charge in [0.25, 0.3) is 0 Å². The summed E-state index contributed by atoms with van der Waals surface area (Å²) in [4.78, 5) is 10.3. The largest absolute Gasteiger partial charge is 0.470 e. The molecule has 0 amide bonds. The lowest BCUT2D eigenvalue weighted by Gasteiger charge is -2.35. The first-order chi connectivity index (χ1) is 9.81. The van der Waals surface area contributed by atoms with Crippen LogP contribution in [0.5, 0.6) is 0 Å². The number of rotatable bonds is 3. The fourth-order valence-electron chi connectivity index (χ4n) is 3.47. The lowest BCUT2D eigenvalue weighted by atomic mass is 9.98. The highest BCUT2D eigenvalue weighted by molar-refractivity contribution is 5.79. The summed E-state index contributed by atoms with van der Waals surface area (Å²) in [6, 6.07) is 0. The van der Waals surface area contributed by atoms with Gasteiger partial charge in [-0.05, 0) is 52.4 Å². The molecule has 0 bridgehead atoms. The van der Waals surface area contributed by atoms with Crippen LogP contribution in [0.15, 0.2) is 5.16 Å². The first kappa shape index (κ1) is 14.1. The standard InChI is InChI=1S/C15H27N3O2/c1-17-7-5-6-13(10-17)15-16-19-12-14(20-15)11-18-8-3-2-4-9-18/h13-14H,2-12H2,1H3. The van der Waals surface area contributed by atoms with E-state index in [-0.39, 0.29) is 6.10 Å². The fourth-order valence-corrected chi connectivity index (χ4v) is 3.47. The van der Waals surface area contributed by atoms with Crippen molar-refractivity contribution in [2.24, 2.45) is 11.1 Å². The quantitative estimate of drug-likeness (QED) is 0.786. The Bertz CT molecular complexity index is 342. The van der Waals surface area contributed by atoms with E-state index in [0.29, 0.717) is 12.5 Å². The number of ether oxygens (including phenoxy) is 1. The normalized spacial score (nSPS) is 33.1. The Morgan fingerprint density at radius 2 is 2.00 bits per heavy atom. The van der Waals surface area contributed by atoms with Gasteiger partial charge >= 0.3 is 0 Å². The van der Waals surface area contributed by atoms with Gasteiger partial charge in [0.2, 0.25) is 5.90 Å². The van der Waals surface area contributed by atoms with Crippen molar-refractivity contribution in [1.82, 2.24) is 9.80 Å². The van der Waals surface area contributed by atoms with Gasteiger partial charge in [-0.2, -0.15) is 0 Å². The average molecular weight is 281 g/mol. The Hall–Kier alpha value is -0.810. The smallest absolute Gasteiger partial charge is 0.230 e. The highest BCUT2D eigenvalue weighted by Crippen LogP contribution is 2.21. The first-order valence-corrected chi connectivity index (χ1v) is 8.08. The van der Waals surface area contributed by atoms with Crippen molar-refractivity contribution in [3.05, 3.63) is 0 Å². The van der Waals surface area contributed by atoms with Gasteiger partial charge in [0.15, 0.2) is 6.61 Å². The Morgan fingerprint density at radius 3 is 2.80 bits per heavy atom. The van der Waals surface area contributed by atoms with Crippen molar-refractivity contribution >= 4 is 5.90 Å². The maximum absolute atomic E-state index is 6.13. The summed E-state index contributed by atoms with van der Waals surface area (Å²) < 4.78 is 6.13. The summed E-state index contributed by atoms with van der Waals surface area (Å²) in [5, 5.41) is 4.18. The average Bonchev–Trinajstić information content (AvgIpc) is 2.49. The van der Waals surface area contributed by atoms with Crippen LogP contribution in [0.25, 0.3) is 0 Å². The number of likely N-dealkylation sites (tertiary alicyclic amines) is 2. The molecular formula is C15H27N3O2. The molecule has 3 rings (SSSR count). The lowest BCUT2D eigenvalue weighted by molar-refractivity contribution is -0.0177. The molecule has 0 N–H and O–H groups in total. The Labute approximate surface area is 121 Å². The van der Waals surface area contributed by atoms with Crippen LogP contribution in [-0.4, -0.2) is 68.2 Å². The minimum Gasteiger partial charge on any atom is -0.470 e. The van der Waals surface area contributed by atoms with Crippen LogP contribution in [-0.2, 0) is 9.57 Å². The van der Waals surface area contributed by atoms with Gasteiger partial charge < -0.3 is 14.5 Å². The molecule has 20 heavy (non-hydrogen) atoms. The lowest BCUT2D eigenvalue weighted by Crippen LogP contribution is -2.45. The monoisotopic (exact) mass is 281 g/mol. The number of piperidine rings is 2. The molecule has 0 spiro atoms. The van der Waals surface area contributed by atoms with E-state index in [1.165, 1.54) is 51.7 Å². The van der Waals surface area contributed by atoms with Crippen molar-refractivity contribution in [1.29, 1.82) is 0 Å². The van der Waals surface area contributed by atoms with E-state index >= 15 is 0 Å². The number of hydrogen-bond acceptors (Lipinski definition) is 5. The fraction of sp³-hybridized carbons (Fsp3) is 0.933. The summed E-state index contributed by atoms with van der Waals surface area (Å²) in [6.45, 7) is 6.22. The second kappa shape index (κ2) is 6.76. The van der Waals surface area contributed by atoms with Gasteiger partial charge in [0.05, 0.1) is 5.92 Å². The van der Waals surface area contributed by atoms with Crippen LogP contribution in [0, 0.1) is 5.92 Å². The molecule has 2 fully saturated rings. The number of nitrogens with zero attached hydrogens (tertiary/aromatic N) is 3. The van der Waals surface area contributed by atoms with Crippen molar-refractivity contribution in [2.45, 2.75) is 38.2 Å². The topological polar surface area (TPSA) is 37.3 Å². The van der Waals surface area contributed by atoms with Crippen molar-refractivity contribution in [2.75, 3.05) is 46.4 Å².